The molecular weight excluding hydrogens is 432 g/mol. The van der Waals surface area contributed by atoms with E-state index in [4.69, 9.17) is 0 Å². The third kappa shape index (κ3) is 3.12. The summed E-state index contributed by atoms with van der Waals surface area (Å²) < 4.78 is 0. The quantitative estimate of drug-likeness (QED) is 0.381. The molecule has 0 N–H and O–H groups in total. The SMILES string of the molecule is Cc1ccc(C(=C2[C@H]3C=C[C@H]2[C@H]2C(=O)N(c4ccccc4C#N)C(=O)[C@H]23)c2ccc(C)cc2)cc1. The molecule has 1 saturated carbocycles. The number of para-hydroxylation sites is 1. The fraction of sp³-hybridized carbons (Fsp3) is 0.194. The van der Waals surface area contributed by atoms with Crippen LogP contribution in [-0.4, -0.2) is 11.8 Å². The minimum atomic E-state index is -0.440. The summed E-state index contributed by atoms with van der Waals surface area (Å²) in [5.74, 6) is -1.57. The summed E-state index contributed by atoms with van der Waals surface area (Å²) in [5, 5.41) is 9.56. The Morgan fingerprint density at radius 2 is 1.23 bits per heavy atom. The Hall–Kier alpha value is -4.23. The lowest BCUT2D eigenvalue weighted by atomic mass is 9.85. The number of amides is 2. The summed E-state index contributed by atoms with van der Waals surface area (Å²) in [6.07, 6.45) is 4.21. The molecule has 0 aromatic heterocycles. The summed E-state index contributed by atoms with van der Waals surface area (Å²) in [7, 11) is 0. The summed E-state index contributed by atoms with van der Waals surface area (Å²) in [6, 6.07) is 25.9. The molecule has 2 fully saturated rings. The highest BCUT2D eigenvalue weighted by molar-refractivity contribution is 6.24. The lowest BCUT2D eigenvalue weighted by molar-refractivity contribution is -0.122. The maximum absolute atomic E-state index is 13.7. The minimum Gasteiger partial charge on any atom is -0.274 e. The van der Waals surface area contributed by atoms with Gasteiger partial charge in [-0.1, -0.05) is 83.9 Å². The Morgan fingerprint density at radius 1 is 0.743 bits per heavy atom. The number of anilines is 1. The number of benzene rings is 3. The van der Waals surface area contributed by atoms with E-state index in [1.54, 1.807) is 24.3 Å². The highest BCUT2D eigenvalue weighted by atomic mass is 16.2. The van der Waals surface area contributed by atoms with Crippen LogP contribution in [0.2, 0.25) is 0 Å². The van der Waals surface area contributed by atoms with Crippen LogP contribution in [-0.2, 0) is 9.59 Å². The van der Waals surface area contributed by atoms with Crippen LogP contribution in [0.3, 0.4) is 0 Å². The molecule has 4 heteroatoms. The maximum atomic E-state index is 13.7. The van der Waals surface area contributed by atoms with Crippen molar-refractivity contribution in [1.29, 1.82) is 5.26 Å². The van der Waals surface area contributed by atoms with Crippen molar-refractivity contribution in [3.63, 3.8) is 0 Å². The van der Waals surface area contributed by atoms with Crippen molar-refractivity contribution in [3.05, 3.63) is 118 Å². The predicted molar refractivity (Wildman–Crippen MR) is 135 cm³/mol. The molecule has 2 amide bonds. The first-order valence-corrected chi connectivity index (χ1v) is 11.9. The third-order valence-electron chi connectivity index (χ3n) is 7.65. The predicted octanol–water partition coefficient (Wildman–Crippen LogP) is 5.60. The average Bonchev–Trinajstić information content (AvgIpc) is 3.50. The van der Waals surface area contributed by atoms with Gasteiger partial charge in [0.2, 0.25) is 11.8 Å². The number of nitriles is 1. The van der Waals surface area contributed by atoms with E-state index in [1.807, 2.05) is 0 Å². The molecule has 3 aromatic rings. The van der Waals surface area contributed by atoms with Crippen LogP contribution in [0.1, 0.15) is 27.8 Å². The summed E-state index contributed by atoms with van der Waals surface area (Å²) in [5.41, 5.74) is 7.56. The summed E-state index contributed by atoms with van der Waals surface area (Å²) in [4.78, 5) is 28.7. The molecular formula is C31H24N2O2. The molecule has 3 aliphatic rings. The van der Waals surface area contributed by atoms with Crippen LogP contribution >= 0.6 is 0 Å². The van der Waals surface area contributed by atoms with Gasteiger partial charge in [0.1, 0.15) is 6.07 Å². The molecule has 0 spiro atoms. The number of nitrogens with zero attached hydrogens (tertiary/aromatic N) is 2. The number of allylic oxidation sites excluding steroid dienone is 3. The standard InChI is InChI=1S/C31H24N2O2/c1-18-7-11-20(12-8-18)26(21-13-9-19(2)10-14-21)27-23-15-16-24(27)29-28(23)30(34)33(31(29)35)25-6-4-3-5-22(25)17-32/h3-16,23-24,28-29H,1-2H3/t23-,24-,28-,29+/m1/s1. The fourth-order valence-corrected chi connectivity index (χ4v) is 6.04. The zero-order chi connectivity index (χ0) is 24.3. The lowest BCUT2D eigenvalue weighted by Crippen LogP contribution is -2.33. The van der Waals surface area contributed by atoms with Crippen molar-refractivity contribution >= 4 is 23.1 Å². The van der Waals surface area contributed by atoms with Crippen molar-refractivity contribution in [2.45, 2.75) is 13.8 Å². The van der Waals surface area contributed by atoms with E-state index in [9.17, 15) is 14.9 Å². The van der Waals surface area contributed by atoms with Gasteiger partial charge in [-0.3, -0.25) is 9.59 Å². The third-order valence-corrected chi connectivity index (χ3v) is 7.65. The van der Waals surface area contributed by atoms with Gasteiger partial charge in [-0.05, 0) is 48.3 Å². The largest absolute Gasteiger partial charge is 0.274 e. The van der Waals surface area contributed by atoms with Crippen molar-refractivity contribution in [2.75, 3.05) is 4.90 Å². The summed E-state index contributed by atoms with van der Waals surface area (Å²) >= 11 is 0. The zero-order valence-electron chi connectivity index (χ0n) is 19.6. The van der Waals surface area contributed by atoms with Gasteiger partial charge in [-0.2, -0.15) is 5.26 Å². The Labute approximate surface area is 204 Å². The number of fused-ring (bicyclic) bond motifs is 5. The van der Waals surface area contributed by atoms with Gasteiger partial charge in [-0.15, -0.1) is 0 Å². The molecule has 4 atom stereocenters. The van der Waals surface area contributed by atoms with Gasteiger partial charge in [0, 0.05) is 11.8 Å². The molecule has 4 nitrogen and oxygen atoms in total. The Morgan fingerprint density at radius 3 is 1.71 bits per heavy atom. The molecule has 6 rings (SSSR count). The highest BCUT2D eigenvalue weighted by Gasteiger charge is 2.62. The van der Waals surface area contributed by atoms with Crippen molar-refractivity contribution < 1.29 is 9.59 Å². The van der Waals surface area contributed by atoms with E-state index in [1.165, 1.54) is 16.0 Å². The molecule has 1 saturated heterocycles. The molecule has 0 unspecified atom stereocenters. The number of rotatable bonds is 3. The first-order chi connectivity index (χ1) is 17.0. The summed E-state index contributed by atoms with van der Waals surface area (Å²) in [6.45, 7) is 4.14. The molecule has 3 aromatic carbocycles. The van der Waals surface area contributed by atoms with Gasteiger partial charge in [0.15, 0.2) is 0 Å². The molecule has 0 radical (unpaired) electrons. The average molecular weight is 457 g/mol. The van der Waals surface area contributed by atoms with E-state index in [0.29, 0.717) is 11.3 Å². The van der Waals surface area contributed by atoms with E-state index in [0.717, 1.165) is 22.3 Å². The van der Waals surface area contributed by atoms with Gasteiger partial charge in [-0.25, -0.2) is 4.90 Å². The Kier molecular flexibility index (Phi) is 4.82. The van der Waals surface area contributed by atoms with Crippen LogP contribution in [0, 0.1) is 48.9 Å². The van der Waals surface area contributed by atoms with Gasteiger partial charge >= 0.3 is 0 Å². The first-order valence-electron chi connectivity index (χ1n) is 11.9. The van der Waals surface area contributed by atoms with Crippen LogP contribution in [0.4, 0.5) is 5.69 Å². The molecule has 170 valence electrons. The second kappa shape index (κ2) is 7.92. The zero-order valence-corrected chi connectivity index (χ0v) is 19.6. The first kappa shape index (κ1) is 21.3. The van der Waals surface area contributed by atoms with E-state index < -0.39 is 11.8 Å². The fourth-order valence-electron chi connectivity index (χ4n) is 6.04. The lowest BCUT2D eigenvalue weighted by Gasteiger charge is -2.22. The Balaban J connectivity index is 1.50. The monoisotopic (exact) mass is 456 g/mol. The molecule has 2 bridgehead atoms. The number of aryl methyl sites for hydroxylation is 2. The van der Waals surface area contributed by atoms with E-state index >= 15 is 0 Å². The van der Waals surface area contributed by atoms with Crippen LogP contribution in [0.25, 0.3) is 5.57 Å². The smallest absolute Gasteiger partial charge is 0.238 e. The van der Waals surface area contributed by atoms with E-state index in [2.05, 4.69) is 80.6 Å². The van der Waals surface area contributed by atoms with Crippen molar-refractivity contribution in [3.8, 4) is 6.07 Å². The highest BCUT2D eigenvalue weighted by Crippen LogP contribution is 2.59. The molecule has 1 aliphatic heterocycles. The maximum Gasteiger partial charge on any atom is 0.238 e. The normalized spacial score (nSPS) is 24.1. The van der Waals surface area contributed by atoms with Crippen LogP contribution in [0.5, 0.6) is 0 Å². The van der Waals surface area contributed by atoms with E-state index in [-0.39, 0.29) is 23.7 Å². The number of carbonyl (C=O) groups excluding carboxylic acids is 2. The molecule has 35 heavy (non-hydrogen) atoms. The van der Waals surface area contributed by atoms with Gasteiger partial charge in [0.25, 0.3) is 0 Å². The van der Waals surface area contributed by atoms with Gasteiger partial charge in [0.05, 0.1) is 23.1 Å². The molecule has 2 aliphatic carbocycles. The second-order valence-electron chi connectivity index (χ2n) is 9.69. The second-order valence-corrected chi connectivity index (χ2v) is 9.69. The molecule has 1 heterocycles. The number of hydrogen-bond acceptors (Lipinski definition) is 3. The minimum absolute atomic E-state index is 0.140. The number of hydrogen-bond donors (Lipinski definition) is 0. The number of carbonyl (C=O) groups is 2. The topological polar surface area (TPSA) is 61.2 Å². The number of imide groups is 1. The van der Waals surface area contributed by atoms with Crippen molar-refractivity contribution in [2.24, 2.45) is 23.7 Å². The van der Waals surface area contributed by atoms with Crippen LogP contribution in [0.15, 0.2) is 90.5 Å². The Bertz CT molecular complexity index is 1390. The van der Waals surface area contributed by atoms with Crippen molar-refractivity contribution in [1.82, 2.24) is 0 Å². The van der Waals surface area contributed by atoms with Crippen LogP contribution < -0.4 is 4.90 Å². The van der Waals surface area contributed by atoms with Gasteiger partial charge < -0.3 is 0 Å².